The van der Waals surface area contributed by atoms with Gasteiger partial charge < -0.3 is 20.7 Å². The molecule has 2 aliphatic rings. The highest BCUT2D eigenvalue weighted by Gasteiger charge is 2.16. The summed E-state index contributed by atoms with van der Waals surface area (Å²) in [7, 11) is 0. The Bertz CT molecular complexity index is 886. The van der Waals surface area contributed by atoms with E-state index in [0.29, 0.717) is 11.1 Å². The Hall–Kier alpha value is -3.06. The molecule has 1 aromatic heterocycles. The molecule has 0 bridgehead atoms. The summed E-state index contributed by atoms with van der Waals surface area (Å²) in [4.78, 5) is 21.7. The lowest BCUT2D eigenvalue weighted by Gasteiger charge is -2.26. The molecule has 1 fully saturated rings. The average molecular weight is 474 g/mol. The zero-order chi connectivity index (χ0) is 24.6. The minimum Gasteiger partial charge on any atom is -0.399 e. The van der Waals surface area contributed by atoms with Crippen molar-refractivity contribution in [1.29, 1.82) is 0 Å². The van der Waals surface area contributed by atoms with Gasteiger partial charge in [-0.05, 0) is 69.0 Å². The van der Waals surface area contributed by atoms with E-state index in [9.17, 15) is 4.79 Å². The number of halogens is 1. The highest BCUT2D eigenvalue weighted by molar-refractivity contribution is 6.30. The molecule has 4 rings (SSSR count). The number of aromatic nitrogens is 2. The van der Waals surface area contributed by atoms with E-state index in [1.54, 1.807) is 12.1 Å². The summed E-state index contributed by atoms with van der Waals surface area (Å²) < 4.78 is 2.01. The number of nitrogens with one attached hydrogen (secondary N) is 1. The largest absolute Gasteiger partial charge is 0.399 e. The van der Waals surface area contributed by atoms with Crippen molar-refractivity contribution in [3.63, 3.8) is 0 Å². The third kappa shape index (κ3) is 9.53. The number of amides is 2. The van der Waals surface area contributed by atoms with Gasteiger partial charge in [0.2, 0.25) is 0 Å². The van der Waals surface area contributed by atoms with Crippen LogP contribution in [0.15, 0.2) is 60.5 Å². The molecule has 2 aromatic rings. The van der Waals surface area contributed by atoms with E-state index in [2.05, 4.69) is 23.4 Å². The molecule has 1 aliphatic heterocycles. The highest BCUT2D eigenvalue weighted by Crippen LogP contribution is 2.20. The van der Waals surface area contributed by atoms with Crippen LogP contribution in [0.5, 0.6) is 0 Å². The van der Waals surface area contributed by atoms with Crippen LogP contribution in [0.1, 0.15) is 51.3 Å². The minimum absolute atomic E-state index is 0.0120. The molecule has 1 aliphatic carbocycles. The van der Waals surface area contributed by atoms with Crippen molar-refractivity contribution in [1.82, 2.24) is 14.7 Å². The van der Waals surface area contributed by atoms with Crippen LogP contribution in [0.4, 0.5) is 10.5 Å². The summed E-state index contributed by atoms with van der Waals surface area (Å²) >= 11 is 5.77. The number of allylic oxidation sites excluding steroid dienone is 3. The van der Waals surface area contributed by atoms with Crippen molar-refractivity contribution < 1.29 is 9.59 Å². The molecule has 3 N–H and O–H groups in total. The molecular formula is C25H36ClN5O2. The summed E-state index contributed by atoms with van der Waals surface area (Å²) in [6, 6.07) is 9.49. The molecule has 1 atom stereocenters. The first kappa shape index (κ1) is 28.0. The summed E-state index contributed by atoms with van der Waals surface area (Å²) in [5.41, 5.74) is 8.46. The summed E-state index contributed by atoms with van der Waals surface area (Å²) in [5, 5.41) is 7.80. The first-order valence-corrected chi connectivity index (χ1v) is 11.6. The number of carbonyl (C=O) groups excluding carboxylic acids is 2. The number of hydrogen-bond acceptors (Lipinski definition) is 4. The molecule has 33 heavy (non-hydrogen) atoms. The number of piperidine rings is 1. The fourth-order valence-electron chi connectivity index (χ4n) is 3.37. The molecule has 1 unspecified atom stereocenters. The number of nitrogens with two attached hydrogens (primary N) is 1. The number of anilines is 1. The highest BCUT2D eigenvalue weighted by atomic mass is 35.5. The van der Waals surface area contributed by atoms with Crippen LogP contribution in [-0.4, -0.2) is 40.6 Å². The Morgan fingerprint density at radius 2 is 1.76 bits per heavy atom. The maximum absolute atomic E-state index is 11.8. The summed E-state index contributed by atoms with van der Waals surface area (Å²) in [6.07, 6.45) is 12.3. The number of rotatable bonds is 2. The number of carbonyl (C=O) groups is 2. The fraction of sp³-hybridized carbons (Fsp3) is 0.400. The maximum Gasteiger partial charge on any atom is 0.321 e. The van der Waals surface area contributed by atoms with Crippen molar-refractivity contribution in [2.24, 2.45) is 5.73 Å². The second-order valence-corrected chi connectivity index (χ2v) is 7.70. The van der Waals surface area contributed by atoms with Crippen LogP contribution in [0, 0.1) is 6.92 Å². The predicted molar refractivity (Wildman–Crippen MR) is 136 cm³/mol. The van der Waals surface area contributed by atoms with Gasteiger partial charge in [0.15, 0.2) is 0 Å². The van der Waals surface area contributed by atoms with Crippen molar-refractivity contribution in [2.45, 2.75) is 52.5 Å². The Labute approximate surface area is 202 Å². The monoisotopic (exact) mass is 473 g/mol. The van der Waals surface area contributed by atoms with Crippen LogP contribution >= 0.6 is 11.6 Å². The lowest BCUT2D eigenvalue weighted by molar-refractivity contribution is -0.0980. The zero-order valence-corrected chi connectivity index (χ0v) is 20.6. The van der Waals surface area contributed by atoms with Gasteiger partial charge in [-0.1, -0.05) is 37.6 Å². The summed E-state index contributed by atoms with van der Waals surface area (Å²) in [6.45, 7) is 9.78. The summed E-state index contributed by atoms with van der Waals surface area (Å²) in [5.74, 6) is 0. The molecule has 180 valence electrons. The van der Waals surface area contributed by atoms with Crippen molar-refractivity contribution >= 4 is 30.1 Å². The molecule has 0 saturated carbocycles. The molecule has 0 radical (unpaired) electrons. The van der Waals surface area contributed by atoms with E-state index in [-0.39, 0.29) is 6.03 Å². The standard InChI is InChI=1S/C12H15ClN2O.C10H13N3.C2H6.CH2O/c13-10-4-6-11(7-5-10)14-12(16)15-8-2-1-3-9-15;1-8-6-7-12-13(8)10-4-2-9(11)3-5-10;2*1-2/h4-7H,1-3,8-9H2,(H,14,16);2-4,6-7,10H,5,11H2,1H3;1-2H3;1H2. The van der Waals surface area contributed by atoms with Crippen LogP contribution in [0.3, 0.4) is 0 Å². The van der Waals surface area contributed by atoms with Crippen molar-refractivity contribution in [2.75, 3.05) is 18.4 Å². The van der Waals surface area contributed by atoms with E-state index >= 15 is 0 Å². The number of likely N-dealkylation sites (tertiary alicyclic amines) is 1. The lowest BCUT2D eigenvalue weighted by atomic mass is 10.1. The van der Waals surface area contributed by atoms with E-state index in [1.165, 1.54) is 12.1 Å². The number of aryl methyl sites for hydroxylation is 1. The SMILES string of the molecule is C=O.CC.Cc1ccnn1C1C=CC(N)=CC1.O=C(Nc1ccc(Cl)cc1)N1CCCCC1. The molecule has 1 saturated heterocycles. The van der Waals surface area contributed by atoms with Crippen LogP contribution in [0.2, 0.25) is 5.02 Å². The van der Waals surface area contributed by atoms with Crippen molar-refractivity contribution in [3.05, 3.63) is 71.2 Å². The third-order valence-electron chi connectivity index (χ3n) is 5.03. The molecule has 1 aromatic carbocycles. The Kier molecular flexibility index (Phi) is 13.3. The van der Waals surface area contributed by atoms with Gasteiger partial charge in [0.05, 0.1) is 6.04 Å². The van der Waals surface area contributed by atoms with Gasteiger partial charge in [-0.3, -0.25) is 4.68 Å². The molecule has 0 spiro atoms. The van der Waals surface area contributed by atoms with Crippen LogP contribution in [-0.2, 0) is 4.79 Å². The van der Waals surface area contributed by atoms with Crippen molar-refractivity contribution in [3.8, 4) is 0 Å². The Balaban J connectivity index is 0.000000291. The predicted octanol–water partition coefficient (Wildman–Crippen LogP) is 5.73. The number of nitrogens with zero attached hydrogens (tertiary/aromatic N) is 3. The normalized spacial score (nSPS) is 16.5. The minimum atomic E-state index is -0.0120. The molecule has 2 heterocycles. The van der Waals surface area contributed by atoms with E-state index in [0.717, 1.165) is 43.7 Å². The molecular weight excluding hydrogens is 438 g/mol. The van der Waals surface area contributed by atoms with E-state index in [4.69, 9.17) is 22.1 Å². The van der Waals surface area contributed by atoms with Gasteiger partial charge in [-0.25, -0.2) is 4.79 Å². The third-order valence-corrected chi connectivity index (χ3v) is 5.28. The Morgan fingerprint density at radius 1 is 1.12 bits per heavy atom. The number of urea groups is 1. The lowest BCUT2D eigenvalue weighted by Crippen LogP contribution is -2.38. The first-order chi connectivity index (χ1) is 16.0. The zero-order valence-electron chi connectivity index (χ0n) is 19.8. The van der Waals surface area contributed by atoms with Gasteiger partial charge in [-0.2, -0.15) is 5.10 Å². The van der Waals surface area contributed by atoms with Gasteiger partial charge in [0.1, 0.15) is 6.79 Å². The first-order valence-electron chi connectivity index (χ1n) is 11.3. The maximum atomic E-state index is 11.8. The topological polar surface area (TPSA) is 93.2 Å². The van der Waals surface area contributed by atoms with E-state index < -0.39 is 0 Å². The van der Waals surface area contributed by atoms with Gasteiger partial charge in [-0.15, -0.1) is 0 Å². The van der Waals surface area contributed by atoms with Crippen LogP contribution < -0.4 is 11.1 Å². The number of hydrogen-bond donors (Lipinski definition) is 2. The van der Waals surface area contributed by atoms with Gasteiger partial charge in [0.25, 0.3) is 0 Å². The van der Waals surface area contributed by atoms with Gasteiger partial charge in [0, 0.05) is 41.4 Å². The molecule has 8 heteroatoms. The fourth-order valence-corrected chi connectivity index (χ4v) is 3.49. The quantitative estimate of drug-likeness (QED) is 0.582. The van der Waals surface area contributed by atoms with Crippen LogP contribution in [0.25, 0.3) is 0 Å². The number of benzene rings is 1. The molecule has 2 amide bonds. The smallest absolute Gasteiger partial charge is 0.321 e. The average Bonchev–Trinajstić information content (AvgIpc) is 3.30. The van der Waals surface area contributed by atoms with Gasteiger partial charge >= 0.3 is 6.03 Å². The second kappa shape index (κ2) is 15.7. The Morgan fingerprint density at radius 3 is 2.27 bits per heavy atom. The second-order valence-electron chi connectivity index (χ2n) is 7.27. The van der Waals surface area contributed by atoms with E-state index in [1.807, 2.05) is 66.8 Å². The molecule has 7 nitrogen and oxygen atoms in total.